The lowest BCUT2D eigenvalue weighted by Crippen LogP contribution is -2.69. The molecule has 0 bridgehead atoms. The van der Waals surface area contributed by atoms with E-state index in [1.54, 1.807) is 13.0 Å². The first kappa shape index (κ1) is 58.7. The minimum absolute atomic E-state index is 0.00349. The second kappa shape index (κ2) is 23.0. The minimum Gasteiger partial charge on any atom is -0.510 e. The molecule has 8 rings (SSSR count). The van der Waals surface area contributed by atoms with E-state index < -0.39 is 75.7 Å². The molecule has 2 amide bonds. The topological polar surface area (TPSA) is 220 Å². The van der Waals surface area contributed by atoms with E-state index in [9.17, 15) is 34.8 Å². The zero-order chi connectivity index (χ0) is 56.4. The summed E-state index contributed by atoms with van der Waals surface area (Å²) in [5.41, 5.74) is 3.01. The summed E-state index contributed by atoms with van der Waals surface area (Å²) in [6, 6.07) is 0.342. The van der Waals surface area contributed by atoms with Crippen LogP contribution in [0.4, 0.5) is 11.4 Å². The van der Waals surface area contributed by atoms with Crippen LogP contribution in [0.1, 0.15) is 189 Å². The summed E-state index contributed by atoms with van der Waals surface area (Å²) in [4.78, 5) is 76.5. The Labute approximate surface area is 459 Å². The molecule has 14 nitrogen and oxygen atoms in total. The number of fused-ring (bicyclic) bond motifs is 3. The first-order valence-electron chi connectivity index (χ1n) is 30.2. The van der Waals surface area contributed by atoms with E-state index in [2.05, 4.69) is 98.2 Å². The van der Waals surface area contributed by atoms with Gasteiger partial charge in [-0.3, -0.25) is 24.1 Å². The van der Waals surface area contributed by atoms with E-state index in [0.29, 0.717) is 46.8 Å². The van der Waals surface area contributed by atoms with Crippen LogP contribution in [0.2, 0.25) is 0 Å². The molecule has 4 saturated carbocycles. The third-order valence-corrected chi connectivity index (χ3v) is 20.9. The number of hydrogen-bond donors (Lipinski definition) is 6. The van der Waals surface area contributed by atoms with Crippen LogP contribution in [-0.4, -0.2) is 97.1 Å². The number of amides is 2. The number of nitrogens with two attached hydrogens (primary N) is 1. The number of nitrogens with zero attached hydrogens (tertiary/aromatic N) is 2. The van der Waals surface area contributed by atoms with E-state index in [1.165, 1.54) is 0 Å². The van der Waals surface area contributed by atoms with Gasteiger partial charge in [0, 0.05) is 41.3 Å². The van der Waals surface area contributed by atoms with Crippen molar-refractivity contribution >= 4 is 40.7 Å². The number of benzene rings is 1. The number of ether oxygens (including phenoxy) is 1. The largest absolute Gasteiger partial charge is 0.510 e. The van der Waals surface area contributed by atoms with Gasteiger partial charge in [0.25, 0.3) is 5.91 Å². The van der Waals surface area contributed by atoms with Crippen LogP contribution < -0.4 is 16.0 Å². The zero-order valence-electron chi connectivity index (χ0n) is 48.9. The van der Waals surface area contributed by atoms with Crippen molar-refractivity contribution in [1.29, 1.82) is 0 Å². The lowest BCUT2D eigenvalue weighted by Gasteiger charge is -2.59. The predicted octanol–water partition coefficient (Wildman–Crippen LogP) is 11.0. The molecule has 4 fully saturated rings. The van der Waals surface area contributed by atoms with Crippen LogP contribution in [0, 0.1) is 82.9 Å². The van der Waals surface area contributed by atoms with Crippen LogP contribution in [-0.2, 0) is 30.3 Å². The van der Waals surface area contributed by atoms with Gasteiger partial charge in [0.05, 0.1) is 23.9 Å². The number of hydrogen-bond acceptors (Lipinski definition) is 12. The Hall–Kier alpha value is -4.43. The van der Waals surface area contributed by atoms with Crippen molar-refractivity contribution in [3.8, 4) is 5.75 Å². The van der Waals surface area contributed by atoms with Gasteiger partial charge < -0.3 is 41.1 Å². The molecule has 16 atom stereocenters. The third kappa shape index (κ3) is 10.6. The van der Waals surface area contributed by atoms with Crippen LogP contribution >= 0.6 is 0 Å². The van der Waals surface area contributed by atoms with Crippen LogP contribution in [0.15, 0.2) is 28.7 Å². The second-order valence-corrected chi connectivity index (χ2v) is 27.2. The number of carbonyl (C=O) groups excluding carboxylic acids is 5. The Kier molecular flexibility index (Phi) is 17.5. The fourth-order valence-electron chi connectivity index (χ4n) is 16.9. The maximum atomic E-state index is 16.0. The Balaban J connectivity index is 1.39. The van der Waals surface area contributed by atoms with Crippen LogP contribution in [0.3, 0.4) is 0 Å². The highest BCUT2D eigenvalue weighted by atomic mass is 16.5. The Morgan fingerprint density at radius 2 is 1.14 bits per heavy atom. The average Bonchev–Trinajstić information content (AvgIpc) is 3.36. The van der Waals surface area contributed by atoms with Gasteiger partial charge in [-0.25, -0.2) is 4.79 Å². The fraction of sp³-hybridized carbons (Fsp3) is 0.762. The number of phenols is 1. The SMILES string of the molecule is CCOC(=O)C(=O)Nc1cc(N(C2CC(C)CCC2C(C)C)C2CC(C)CCC2C(C)C)c2c(c1O)C(=O)C1=C(O)[C@]3(O)C(=O)C(C(N)=O)=C(O)[C@@H](N(C4CC(C)CCC4C(C)C)C4CC(C)CCC4C(C)C)C3CC1C2. The van der Waals surface area contributed by atoms with Gasteiger partial charge >= 0.3 is 11.9 Å². The zero-order valence-corrected chi connectivity index (χ0v) is 48.9. The molecule has 1 aromatic rings. The van der Waals surface area contributed by atoms with Crippen molar-refractivity contribution in [2.45, 2.75) is 216 Å². The number of nitrogens with one attached hydrogen (secondary N) is 1. The summed E-state index contributed by atoms with van der Waals surface area (Å²) in [5.74, 6) is -6.33. The van der Waals surface area contributed by atoms with Gasteiger partial charge in [0.1, 0.15) is 17.1 Å². The van der Waals surface area contributed by atoms with Crippen molar-refractivity contribution in [2.24, 2.45) is 88.6 Å². The number of phenolic OH excluding ortho intramolecular Hbond substituents is 1. The van der Waals surface area contributed by atoms with Crippen LogP contribution in [0.5, 0.6) is 5.75 Å². The normalized spacial score (nSPS) is 35.8. The van der Waals surface area contributed by atoms with Gasteiger partial charge in [-0.1, -0.05) is 109 Å². The van der Waals surface area contributed by atoms with Gasteiger partial charge in [-0.05, 0) is 160 Å². The standard InChI is InChI=1S/C63H96N4O10/c1-14-77-62(75)61(74)65-45-29-50(66(46-23-34(10)15-19-39(46)30(2)3)47-24-35(11)16-20-40(47)31(4)5)43-27-38-28-44-54(57(70)53(60(64)73)59(72)63(44,76)58(71)51(38)56(69)52(43)55(45)68)67(48-25-36(12)17-21-41(48)32(6)7)49-26-37(13)18-22-42(49)33(8)9/h29-42,44,46-49,54,68,70-71,76H,14-28H2,1-13H3,(H2,64,73)(H,65,74)/t34?,35?,36?,37?,38?,39?,40?,41?,42?,44?,46?,47?,48?,49?,54-,63-/m0/s1. The average molecular weight is 1070 g/mol. The summed E-state index contributed by atoms with van der Waals surface area (Å²) >= 11 is 0. The summed E-state index contributed by atoms with van der Waals surface area (Å²) in [5, 5.41) is 54.7. The highest BCUT2D eigenvalue weighted by molar-refractivity contribution is 6.37. The van der Waals surface area contributed by atoms with Gasteiger partial charge in [-0.2, -0.15) is 0 Å². The predicted molar refractivity (Wildman–Crippen MR) is 300 cm³/mol. The van der Waals surface area contributed by atoms with Gasteiger partial charge in [0.15, 0.2) is 17.1 Å². The maximum Gasteiger partial charge on any atom is 0.397 e. The number of ketones is 2. The number of primary amides is 1. The molecular formula is C63H96N4O10. The van der Waals surface area contributed by atoms with E-state index in [4.69, 9.17) is 10.5 Å². The van der Waals surface area contributed by atoms with E-state index in [1.807, 2.05) is 0 Å². The fourth-order valence-corrected chi connectivity index (χ4v) is 16.9. The van der Waals surface area contributed by atoms with Crippen molar-refractivity contribution in [3.63, 3.8) is 0 Å². The van der Waals surface area contributed by atoms with Crippen molar-refractivity contribution in [1.82, 2.24) is 4.90 Å². The molecule has 14 unspecified atom stereocenters. The van der Waals surface area contributed by atoms with Crippen molar-refractivity contribution < 1.29 is 49.1 Å². The molecule has 14 heteroatoms. The number of aliphatic hydroxyl groups is 3. The number of rotatable bonds is 13. The Morgan fingerprint density at radius 3 is 1.57 bits per heavy atom. The second-order valence-electron chi connectivity index (χ2n) is 27.2. The lowest BCUT2D eigenvalue weighted by molar-refractivity contribution is -0.156. The van der Waals surface area contributed by atoms with E-state index in [-0.39, 0.29) is 95.9 Å². The molecule has 0 aromatic heterocycles. The highest BCUT2D eigenvalue weighted by Gasteiger charge is 2.66. The molecule has 7 N–H and O–H groups in total. The highest BCUT2D eigenvalue weighted by Crippen LogP contribution is 2.58. The molecule has 77 heavy (non-hydrogen) atoms. The first-order chi connectivity index (χ1) is 36.2. The molecule has 7 aliphatic rings. The quantitative estimate of drug-likeness (QED) is 0.0470. The molecule has 0 radical (unpaired) electrons. The number of aromatic hydroxyl groups is 1. The van der Waals surface area contributed by atoms with E-state index in [0.717, 1.165) is 77.0 Å². The number of Topliss-reactive ketones (excluding diaryl/α,β-unsaturated/α-hetero) is 2. The number of esters is 1. The van der Waals surface area contributed by atoms with Gasteiger partial charge in [0.2, 0.25) is 5.78 Å². The lowest BCUT2D eigenvalue weighted by atomic mass is 9.57. The Morgan fingerprint density at radius 1 is 0.701 bits per heavy atom. The molecule has 0 spiro atoms. The molecule has 0 aliphatic heterocycles. The summed E-state index contributed by atoms with van der Waals surface area (Å²) in [6.07, 6.45) is 11.4. The smallest absolute Gasteiger partial charge is 0.397 e. The summed E-state index contributed by atoms with van der Waals surface area (Å²) in [7, 11) is 0. The van der Waals surface area contributed by atoms with Gasteiger partial charge in [-0.15, -0.1) is 0 Å². The van der Waals surface area contributed by atoms with Crippen molar-refractivity contribution in [2.75, 3.05) is 16.8 Å². The third-order valence-electron chi connectivity index (χ3n) is 20.9. The molecule has 0 saturated heterocycles. The summed E-state index contributed by atoms with van der Waals surface area (Å²) < 4.78 is 5.09. The van der Waals surface area contributed by atoms with Crippen molar-refractivity contribution in [3.05, 3.63) is 39.9 Å². The molecule has 0 heterocycles. The first-order valence-corrected chi connectivity index (χ1v) is 30.2. The monoisotopic (exact) mass is 1070 g/mol. The molecule has 7 aliphatic carbocycles. The number of anilines is 2. The van der Waals surface area contributed by atoms with E-state index >= 15 is 9.59 Å². The van der Waals surface area contributed by atoms with Crippen LogP contribution in [0.25, 0.3) is 0 Å². The molecule has 428 valence electrons. The molecule has 1 aromatic carbocycles. The molecular weight excluding hydrogens is 973 g/mol. The number of carbonyl (C=O) groups is 5. The number of allylic oxidation sites excluding steroid dienone is 1. The summed E-state index contributed by atoms with van der Waals surface area (Å²) in [6.45, 7) is 28.6. The number of aliphatic hydroxyl groups excluding tert-OH is 2. The minimum atomic E-state index is -2.87. The Bertz CT molecular complexity index is 2430. The maximum absolute atomic E-state index is 16.0.